The van der Waals surface area contributed by atoms with Crippen molar-refractivity contribution in [2.24, 2.45) is 5.10 Å². The number of carbonyl (C=O) groups is 2. The normalized spacial score (nSPS) is 11.1. The van der Waals surface area contributed by atoms with Gasteiger partial charge in [-0.2, -0.15) is 5.10 Å². The van der Waals surface area contributed by atoms with Crippen LogP contribution < -0.4 is 15.3 Å². The molecule has 0 saturated carbocycles. The number of carbonyl (C=O) groups excluding carboxylic acids is 2. The van der Waals surface area contributed by atoms with E-state index in [0.29, 0.717) is 33.2 Å². The van der Waals surface area contributed by atoms with Crippen molar-refractivity contribution in [2.75, 3.05) is 7.11 Å². The lowest BCUT2D eigenvalue weighted by atomic mass is 10.0. The summed E-state index contributed by atoms with van der Waals surface area (Å²) in [5.41, 5.74) is 4.53. The zero-order valence-corrected chi connectivity index (χ0v) is 14.5. The van der Waals surface area contributed by atoms with Crippen LogP contribution in [-0.4, -0.2) is 24.7 Å². The van der Waals surface area contributed by atoms with Crippen LogP contribution in [0.4, 0.5) is 0 Å². The molecule has 0 heterocycles. The van der Waals surface area contributed by atoms with Gasteiger partial charge in [0.25, 0.3) is 5.91 Å². The van der Waals surface area contributed by atoms with Crippen molar-refractivity contribution in [3.8, 4) is 5.75 Å². The molecule has 0 aromatic heterocycles. The van der Waals surface area contributed by atoms with Gasteiger partial charge in [-0.05, 0) is 55.0 Å². The Labute approximate surface area is 150 Å². The molecular formula is C18H16ClN2O4-. The fourth-order valence-corrected chi connectivity index (χ4v) is 2.29. The van der Waals surface area contributed by atoms with Gasteiger partial charge in [0.2, 0.25) is 0 Å². The molecule has 0 fully saturated rings. The van der Waals surface area contributed by atoms with E-state index in [0.717, 1.165) is 0 Å². The first-order chi connectivity index (χ1) is 11.9. The number of benzene rings is 2. The van der Waals surface area contributed by atoms with Gasteiger partial charge in [0.1, 0.15) is 5.75 Å². The van der Waals surface area contributed by atoms with Crippen molar-refractivity contribution in [2.45, 2.75) is 13.3 Å². The highest BCUT2D eigenvalue weighted by molar-refractivity contribution is 6.30. The highest BCUT2D eigenvalue weighted by Gasteiger charge is 2.08. The standard InChI is InChI=1S/C18H17ClN2O4/c1-11(20-21-18(24)12-3-6-15(19)7-4-12)13-5-8-16(25-2)14(9-13)10-17(22)23/h3-9H,10H2,1-2H3,(H,21,24)(H,22,23)/p-1/b20-11-. The Kier molecular flexibility index (Phi) is 6.14. The van der Waals surface area contributed by atoms with E-state index < -0.39 is 5.97 Å². The minimum atomic E-state index is -1.21. The summed E-state index contributed by atoms with van der Waals surface area (Å²) in [6.45, 7) is 1.70. The van der Waals surface area contributed by atoms with Crippen LogP contribution in [0.25, 0.3) is 0 Å². The number of rotatable bonds is 6. The third-order valence-electron chi connectivity index (χ3n) is 3.46. The lowest BCUT2D eigenvalue weighted by molar-refractivity contribution is -0.304. The van der Waals surface area contributed by atoms with Gasteiger partial charge in [-0.3, -0.25) is 4.79 Å². The molecule has 2 rings (SSSR count). The Bertz CT molecular complexity index is 816. The molecule has 6 nitrogen and oxygen atoms in total. The van der Waals surface area contributed by atoms with Crippen LogP contribution in [0.5, 0.6) is 5.75 Å². The minimum absolute atomic E-state index is 0.276. The molecule has 0 atom stereocenters. The van der Waals surface area contributed by atoms with Crippen LogP contribution in [-0.2, 0) is 11.2 Å². The number of ether oxygens (including phenoxy) is 1. The van der Waals surface area contributed by atoms with E-state index in [9.17, 15) is 14.7 Å². The average Bonchev–Trinajstić information content (AvgIpc) is 2.59. The number of nitrogens with zero attached hydrogens (tertiary/aromatic N) is 1. The Balaban J connectivity index is 2.17. The topological polar surface area (TPSA) is 90.8 Å². The quantitative estimate of drug-likeness (QED) is 0.629. The molecule has 130 valence electrons. The maximum atomic E-state index is 12.0. The number of aliphatic carboxylic acids is 1. The van der Waals surface area contributed by atoms with Crippen LogP contribution in [0.1, 0.15) is 28.4 Å². The number of carboxylic acid groups (broad SMARTS) is 1. The van der Waals surface area contributed by atoms with Crippen LogP contribution >= 0.6 is 11.6 Å². The van der Waals surface area contributed by atoms with Crippen molar-refractivity contribution in [1.82, 2.24) is 5.43 Å². The lowest BCUT2D eigenvalue weighted by Gasteiger charge is -2.11. The second-order valence-corrected chi connectivity index (χ2v) is 5.66. The maximum Gasteiger partial charge on any atom is 0.271 e. The predicted octanol–water partition coefficient (Wildman–Crippen LogP) is 1.79. The summed E-state index contributed by atoms with van der Waals surface area (Å²) in [7, 11) is 1.46. The molecule has 0 bridgehead atoms. The summed E-state index contributed by atoms with van der Waals surface area (Å²) in [6.07, 6.45) is -0.276. The third-order valence-corrected chi connectivity index (χ3v) is 3.72. The van der Waals surface area contributed by atoms with E-state index in [2.05, 4.69) is 10.5 Å². The van der Waals surface area contributed by atoms with E-state index in [1.54, 1.807) is 49.4 Å². The van der Waals surface area contributed by atoms with Gasteiger partial charge in [-0.15, -0.1) is 0 Å². The molecule has 2 aromatic rings. The number of hydrogen-bond acceptors (Lipinski definition) is 5. The Morgan fingerprint density at radius 1 is 1.16 bits per heavy atom. The van der Waals surface area contributed by atoms with Crippen LogP contribution in [0.2, 0.25) is 5.02 Å². The number of nitrogens with one attached hydrogen (secondary N) is 1. The van der Waals surface area contributed by atoms with E-state index in [1.807, 2.05) is 0 Å². The number of halogens is 1. The molecule has 0 spiro atoms. The molecule has 25 heavy (non-hydrogen) atoms. The van der Waals surface area contributed by atoms with E-state index in [-0.39, 0.29) is 12.3 Å². The molecule has 1 amide bonds. The van der Waals surface area contributed by atoms with Gasteiger partial charge in [0, 0.05) is 28.5 Å². The van der Waals surface area contributed by atoms with Crippen LogP contribution in [0.3, 0.4) is 0 Å². The van der Waals surface area contributed by atoms with Crippen molar-refractivity contribution >= 4 is 29.2 Å². The first kappa shape index (κ1) is 18.5. The van der Waals surface area contributed by atoms with Gasteiger partial charge in [-0.1, -0.05) is 11.6 Å². The monoisotopic (exact) mass is 359 g/mol. The number of hydrazone groups is 1. The highest BCUT2D eigenvalue weighted by atomic mass is 35.5. The fourth-order valence-electron chi connectivity index (χ4n) is 2.16. The van der Waals surface area contributed by atoms with Gasteiger partial charge in [0.15, 0.2) is 0 Å². The zero-order valence-electron chi connectivity index (χ0n) is 13.7. The summed E-state index contributed by atoms with van der Waals surface area (Å²) >= 11 is 5.78. The summed E-state index contributed by atoms with van der Waals surface area (Å²) < 4.78 is 5.14. The predicted molar refractivity (Wildman–Crippen MR) is 92.8 cm³/mol. The Morgan fingerprint density at radius 3 is 2.40 bits per heavy atom. The average molecular weight is 360 g/mol. The zero-order chi connectivity index (χ0) is 18.4. The first-order valence-corrected chi connectivity index (χ1v) is 7.76. The molecule has 7 heteroatoms. The smallest absolute Gasteiger partial charge is 0.271 e. The largest absolute Gasteiger partial charge is 0.550 e. The van der Waals surface area contributed by atoms with Crippen molar-refractivity contribution in [1.29, 1.82) is 0 Å². The molecule has 0 aliphatic heterocycles. The van der Waals surface area contributed by atoms with E-state index in [1.165, 1.54) is 7.11 Å². The van der Waals surface area contributed by atoms with E-state index in [4.69, 9.17) is 16.3 Å². The van der Waals surface area contributed by atoms with Crippen LogP contribution in [0, 0.1) is 0 Å². The second-order valence-electron chi connectivity index (χ2n) is 5.22. The number of amides is 1. The van der Waals surface area contributed by atoms with Crippen molar-refractivity contribution in [3.63, 3.8) is 0 Å². The molecule has 1 N–H and O–H groups in total. The van der Waals surface area contributed by atoms with E-state index >= 15 is 0 Å². The van der Waals surface area contributed by atoms with Crippen LogP contribution in [0.15, 0.2) is 47.6 Å². The molecular weight excluding hydrogens is 344 g/mol. The summed E-state index contributed by atoms with van der Waals surface area (Å²) in [5.74, 6) is -1.13. The molecule has 0 aliphatic rings. The third kappa shape index (κ3) is 5.06. The van der Waals surface area contributed by atoms with Crippen molar-refractivity contribution in [3.05, 3.63) is 64.2 Å². The second kappa shape index (κ2) is 8.30. The summed E-state index contributed by atoms with van der Waals surface area (Å²) in [6, 6.07) is 11.4. The number of methoxy groups -OCH3 is 1. The summed E-state index contributed by atoms with van der Waals surface area (Å²) in [5, 5.41) is 15.4. The number of carboxylic acids is 1. The minimum Gasteiger partial charge on any atom is -0.550 e. The fraction of sp³-hybridized carbons (Fsp3) is 0.167. The Hall–Kier alpha value is -2.86. The highest BCUT2D eigenvalue weighted by Crippen LogP contribution is 2.20. The molecule has 0 saturated heterocycles. The van der Waals surface area contributed by atoms with Gasteiger partial charge in [-0.25, -0.2) is 5.43 Å². The Morgan fingerprint density at radius 2 is 1.80 bits per heavy atom. The summed E-state index contributed by atoms with van der Waals surface area (Å²) in [4.78, 5) is 22.9. The molecule has 0 unspecified atom stereocenters. The first-order valence-electron chi connectivity index (χ1n) is 7.38. The maximum absolute atomic E-state index is 12.0. The SMILES string of the molecule is COc1ccc(/C(C)=N\NC(=O)c2ccc(Cl)cc2)cc1CC(=O)[O-]. The lowest BCUT2D eigenvalue weighted by Crippen LogP contribution is -2.24. The molecule has 0 aliphatic carbocycles. The van der Waals surface area contributed by atoms with Gasteiger partial charge >= 0.3 is 0 Å². The van der Waals surface area contributed by atoms with Gasteiger partial charge in [0.05, 0.1) is 12.8 Å². The van der Waals surface area contributed by atoms with Gasteiger partial charge < -0.3 is 14.6 Å². The molecule has 0 radical (unpaired) electrons. The number of hydrogen-bond donors (Lipinski definition) is 1. The van der Waals surface area contributed by atoms with Crippen molar-refractivity contribution < 1.29 is 19.4 Å². The molecule has 2 aromatic carbocycles.